The summed E-state index contributed by atoms with van der Waals surface area (Å²) in [6, 6.07) is -0.309. The Labute approximate surface area is 79.0 Å². The maximum absolute atomic E-state index is 10.9. The molecule has 13 heavy (non-hydrogen) atoms. The van der Waals surface area contributed by atoms with Crippen molar-refractivity contribution in [3.63, 3.8) is 0 Å². The predicted molar refractivity (Wildman–Crippen MR) is 51.6 cm³/mol. The Kier molecular flexibility index (Phi) is 3.09. The summed E-state index contributed by atoms with van der Waals surface area (Å²) in [5, 5.41) is 9.00. The molecule has 0 aromatic rings. The molecule has 1 saturated heterocycles. The molecule has 1 heterocycles. The molecule has 3 nitrogen and oxygen atoms in total. The lowest BCUT2D eigenvalue weighted by atomic mass is 10.0. The number of carboxylic acid groups (broad SMARTS) is 1. The fraction of sp³-hybridized carbons (Fsp3) is 0.700. The molecule has 1 aliphatic rings. The number of carboxylic acids is 1. The molecule has 2 unspecified atom stereocenters. The fourth-order valence-electron chi connectivity index (χ4n) is 1.95. The van der Waals surface area contributed by atoms with Crippen LogP contribution in [0.4, 0.5) is 0 Å². The molecule has 3 heteroatoms. The van der Waals surface area contributed by atoms with Gasteiger partial charge in [-0.3, -0.25) is 9.69 Å². The lowest BCUT2D eigenvalue weighted by Gasteiger charge is -2.22. The van der Waals surface area contributed by atoms with Crippen LogP contribution in [-0.2, 0) is 4.79 Å². The molecule has 0 radical (unpaired) electrons. The van der Waals surface area contributed by atoms with Gasteiger partial charge < -0.3 is 5.11 Å². The van der Waals surface area contributed by atoms with E-state index in [1.807, 2.05) is 18.7 Å². The number of rotatable bonds is 3. The lowest BCUT2D eigenvalue weighted by Crippen LogP contribution is -2.39. The molecular weight excluding hydrogens is 166 g/mol. The molecule has 2 atom stereocenters. The highest BCUT2D eigenvalue weighted by Crippen LogP contribution is 2.24. The summed E-state index contributed by atoms with van der Waals surface area (Å²) >= 11 is 0. The Hall–Kier alpha value is -0.830. The molecule has 0 amide bonds. The van der Waals surface area contributed by atoms with Crippen LogP contribution in [0.25, 0.3) is 0 Å². The molecule has 0 saturated carbocycles. The number of hydrogen-bond acceptors (Lipinski definition) is 2. The standard InChI is InChI=1S/C10H17NO2/c1-7(2)6-11-5-4-8(3)9(11)10(12)13/h8-9H,1,4-6H2,2-3H3,(H,12,13). The van der Waals surface area contributed by atoms with E-state index in [2.05, 4.69) is 6.58 Å². The van der Waals surface area contributed by atoms with E-state index in [1.165, 1.54) is 0 Å². The zero-order chi connectivity index (χ0) is 10.0. The zero-order valence-electron chi connectivity index (χ0n) is 8.29. The Balaban J connectivity index is 2.64. The van der Waals surface area contributed by atoms with Gasteiger partial charge in [0.25, 0.3) is 0 Å². The van der Waals surface area contributed by atoms with Crippen LogP contribution in [0, 0.1) is 5.92 Å². The zero-order valence-corrected chi connectivity index (χ0v) is 8.29. The summed E-state index contributed by atoms with van der Waals surface area (Å²) in [7, 11) is 0. The van der Waals surface area contributed by atoms with Gasteiger partial charge >= 0.3 is 5.97 Å². The molecule has 1 N–H and O–H groups in total. The highest BCUT2D eigenvalue weighted by Gasteiger charge is 2.36. The van der Waals surface area contributed by atoms with E-state index in [0.29, 0.717) is 6.54 Å². The third-order valence-electron chi connectivity index (χ3n) is 2.53. The van der Waals surface area contributed by atoms with E-state index < -0.39 is 5.97 Å². The number of nitrogens with zero attached hydrogens (tertiary/aromatic N) is 1. The molecular formula is C10H17NO2. The Bertz CT molecular complexity index is 225. The van der Waals surface area contributed by atoms with Crippen LogP contribution in [-0.4, -0.2) is 35.1 Å². The smallest absolute Gasteiger partial charge is 0.321 e. The average molecular weight is 183 g/mol. The summed E-state index contributed by atoms with van der Waals surface area (Å²) in [5.74, 6) is -0.442. The van der Waals surface area contributed by atoms with Crippen LogP contribution in [0.3, 0.4) is 0 Å². The van der Waals surface area contributed by atoms with Crippen LogP contribution >= 0.6 is 0 Å². The van der Waals surface area contributed by atoms with Crippen molar-refractivity contribution in [1.82, 2.24) is 4.90 Å². The average Bonchev–Trinajstić information content (AvgIpc) is 2.30. The van der Waals surface area contributed by atoms with Gasteiger partial charge in [-0.15, -0.1) is 0 Å². The second-order valence-electron chi connectivity index (χ2n) is 3.98. The number of likely N-dealkylation sites (tertiary alicyclic amines) is 1. The lowest BCUT2D eigenvalue weighted by molar-refractivity contribution is -0.143. The van der Waals surface area contributed by atoms with Crippen LogP contribution < -0.4 is 0 Å². The molecule has 1 fully saturated rings. The van der Waals surface area contributed by atoms with Crippen LogP contribution in [0.2, 0.25) is 0 Å². The van der Waals surface area contributed by atoms with Crippen molar-refractivity contribution in [1.29, 1.82) is 0 Å². The summed E-state index contributed by atoms with van der Waals surface area (Å²) < 4.78 is 0. The van der Waals surface area contributed by atoms with Crippen molar-refractivity contribution in [3.05, 3.63) is 12.2 Å². The Morgan fingerprint density at radius 2 is 2.31 bits per heavy atom. The first kappa shape index (κ1) is 10.3. The van der Waals surface area contributed by atoms with E-state index in [9.17, 15) is 4.79 Å². The SMILES string of the molecule is C=C(C)CN1CCC(C)C1C(=O)O. The second kappa shape index (κ2) is 3.92. The van der Waals surface area contributed by atoms with Gasteiger partial charge in [-0.05, 0) is 25.8 Å². The summed E-state index contributed by atoms with van der Waals surface area (Å²) in [5.41, 5.74) is 1.03. The minimum absolute atomic E-state index is 0.261. The summed E-state index contributed by atoms with van der Waals surface area (Å²) in [4.78, 5) is 12.9. The van der Waals surface area contributed by atoms with E-state index in [1.54, 1.807) is 0 Å². The van der Waals surface area contributed by atoms with Gasteiger partial charge in [0, 0.05) is 6.54 Å². The third-order valence-corrected chi connectivity index (χ3v) is 2.53. The van der Waals surface area contributed by atoms with Gasteiger partial charge in [-0.25, -0.2) is 0 Å². The maximum Gasteiger partial charge on any atom is 0.321 e. The monoisotopic (exact) mass is 183 g/mol. The number of carbonyl (C=O) groups is 1. The first-order chi connectivity index (χ1) is 6.02. The quantitative estimate of drug-likeness (QED) is 0.671. The first-order valence-corrected chi connectivity index (χ1v) is 4.63. The third kappa shape index (κ3) is 2.31. The molecule has 0 aromatic heterocycles. The van der Waals surface area contributed by atoms with Crippen molar-refractivity contribution < 1.29 is 9.90 Å². The minimum Gasteiger partial charge on any atom is -0.480 e. The molecule has 0 bridgehead atoms. The van der Waals surface area contributed by atoms with Crippen LogP contribution in [0.15, 0.2) is 12.2 Å². The maximum atomic E-state index is 10.9. The van der Waals surface area contributed by atoms with Crippen molar-refractivity contribution in [2.24, 2.45) is 5.92 Å². The molecule has 0 spiro atoms. The van der Waals surface area contributed by atoms with Crippen LogP contribution in [0.1, 0.15) is 20.3 Å². The highest BCUT2D eigenvalue weighted by molar-refractivity contribution is 5.74. The Morgan fingerprint density at radius 3 is 2.77 bits per heavy atom. The van der Waals surface area contributed by atoms with Gasteiger partial charge in [-0.1, -0.05) is 19.1 Å². The van der Waals surface area contributed by atoms with E-state index >= 15 is 0 Å². The molecule has 0 aromatic carbocycles. The molecule has 1 aliphatic heterocycles. The van der Waals surface area contributed by atoms with Gasteiger partial charge in [0.2, 0.25) is 0 Å². The predicted octanol–water partition coefficient (Wildman–Crippen LogP) is 1.36. The number of hydrogen-bond donors (Lipinski definition) is 1. The van der Waals surface area contributed by atoms with Crippen LogP contribution in [0.5, 0.6) is 0 Å². The van der Waals surface area contributed by atoms with E-state index in [4.69, 9.17) is 5.11 Å². The molecule has 0 aliphatic carbocycles. The summed E-state index contributed by atoms with van der Waals surface area (Å²) in [6.07, 6.45) is 0.976. The fourth-order valence-corrected chi connectivity index (χ4v) is 1.95. The van der Waals surface area contributed by atoms with Crippen molar-refractivity contribution in [3.8, 4) is 0 Å². The molecule has 74 valence electrons. The van der Waals surface area contributed by atoms with Gasteiger partial charge in [-0.2, -0.15) is 0 Å². The summed E-state index contributed by atoms with van der Waals surface area (Å²) in [6.45, 7) is 9.32. The Morgan fingerprint density at radius 1 is 1.69 bits per heavy atom. The van der Waals surface area contributed by atoms with Gasteiger partial charge in [0.05, 0.1) is 0 Å². The van der Waals surface area contributed by atoms with Gasteiger partial charge in [0.1, 0.15) is 6.04 Å². The highest BCUT2D eigenvalue weighted by atomic mass is 16.4. The normalized spacial score (nSPS) is 29.1. The van der Waals surface area contributed by atoms with Crippen molar-refractivity contribution in [2.45, 2.75) is 26.3 Å². The number of aliphatic carboxylic acids is 1. The van der Waals surface area contributed by atoms with Gasteiger partial charge in [0.15, 0.2) is 0 Å². The van der Waals surface area contributed by atoms with Crippen molar-refractivity contribution >= 4 is 5.97 Å². The largest absolute Gasteiger partial charge is 0.480 e. The first-order valence-electron chi connectivity index (χ1n) is 4.63. The van der Waals surface area contributed by atoms with Crippen molar-refractivity contribution in [2.75, 3.05) is 13.1 Å². The van der Waals surface area contributed by atoms with E-state index in [0.717, 1.165) is 18.5 Å². The molecule has 1 rings (SSSR count). The minimum atomic E-state index is -0.703. The van der Waals surface area contributed by atoms with E-state index in [-0.39, 0.29) is 12.0 Å². The second-order valence-corrected chi connectivity index (χ2v) is 3.98. The topological polar surface area (TPSA) is 40.5 Å².